The van der Waals surface area contributed by atoms with Crippen LogP contribution in [-0.4, -0.2) is 26.4 Å². The number of carbonyl (C=O) groups is 1. The van der Waals surface area contributed by atoms with E-state index in [-0.39, 0.29) is 18.2 Å². The van der Waals surface area contributed by atoms with Crippen molar-refractivity contribution in [1.29, 1.82) is 0 Å². The lowest BCUT2D eigenvalue weighted by atomic mass is 10.2. The number of benzene rings is 2. The van der Waals surface area contributed by atoms with Gasteiger partial charge in [0.2, 0.25) is 5.91 Å². The number of amides is 1. The molecule has 0 bridgehead atoms. The fourth-order valence-electron chi connectivity index (χ4n) is 2.85. The molecule has 6 nitrogen and oxygen atoms in total. The number of thioether (sulfide) groups is 1. The van der Waals surface area contributed by atoms with Crippen LogP contribution in [0.1, 0.15) is 5.76 Å². The third kappa shape index (κ3) is 5.10. The zero-order valence-corrected chi connectivity index (χ0v) is 18.2. The second-order valence-electron chi connectivity index (χ2n) is 6.41. The second kappa shape index (κ2) is 9.55. The minimum absolute atomic E-state index is 0.0381. The fraction of sp³-hybridized carbons (Fsp3) is 0.0952. The van der Waals surface area contributed by atoms with Gasteiger partial charge in [0.15, 0.2) is 11.0 Å². The van der Waals surface area contributed by atoms with Crippen LogP contribution in [-0.2, 0) is 11.3 Å². The van der Waals surface area contributed by atoms with E-state index in [4.69, 9.17) is 27.6 Å². The predicted molar refractivity (Wildman–Crippen MR) is 119 cm³/mol. The van der Waals surface area contributed by atoms with E-state index in [9.17, 15) is 9.18 Å². The Hall–Kier alpha value is -2.81. The molecular weight excluding hydrogens is 462 g/mol. The van der Waals surface area contributed by atoms with E-state index < -0.39 is 5.82 Å². The minimum Gasteiger partial charge on any atom is -0.467 e. The Morgan fingerprint density at radius 3 is 2.74 bits per heavy atom. The van der Waals surface area contributed by atoms with Gasteiger partial charge in [0.25, 0.3) is 0 Å². The number of halogens is 3. The molecule has 0 saturated carbocycles. The Labute approximate surface area is 191 Å². The van der Waals surface area contributed by atoms with Gasteiger partial charge >= 0.3 is 0 Å². The first-order valence-corrected chi connectivity index (χ1v) is 10.8. The van der Waals surface area contributed by atoms with Crippen LogP contribution >= 0.6 is 35.0 Å². The van der Waals surface area contributed by atoms with Crippen molar-refractivity contribution in [3.05, 3.63) is 82.5 Å². The highest BCUT2D eigenvalue weighted by atomic mass is 35.5. The molecule has 31 heavy (non-hydrogen) atoms. The van der Waals surface area contributed by atoms with Gasteiger partial charge in [-0.15, -0.1) is 10.2 Å². The van der Waals surface area contributed by atoms with Crippen molar-refractivity contribution in [3.63, 3.8) is 0 Å². The number of hydrogen-bond acceptors (Lipinski definition) is 5. The van der Waals surface area contributed by atoms with E-state index in [2.05, 4.69) is 15.5 Å². The first kappa shape index (κ1) is 21.4. The molecule has 2 aromatic heterocycles. The first-order chi connectivity index (χ1) is 15.0. The average Bonchev–Trinajstić information content (AvgIpc) is 3.40. The van der Waals surface area contributed by atoms with Crippen molar-refractivity contribution in [1.82, 2.24) is 14.8 Å². The fourth-order valence-corrected chi connectivity index (χ4v) is 3.92. The smallest absolute Gasteiger partial charge is 0.234 e. The summed E-state index contributed by atoms with van der Waals surface area (Å²) in [5.41, 5.74) is 0.729. The third-order valence-electron chi connectivity index (χ3n) is 4.26. The summed E-state index contributed by atoms with van der Waals surface area (Å²) in [6.45, 7) is 0.285. The number of nitrogens with one attached hydrogen (secondary N) is 1. The van der Waals surface area contributed by atoms with Gasteiger partial charge in [-0.25, -0.2) is 4.39 Å². The summed E-state index contributed by atoms with van der Waals surface area (Å²) in [4.78, 5) is 12.4. The molecule has 0 fully saturated rings. The molecule has 1 N–H and O–H groups in total. The maximum absolute atomic E-state index is 14.4. The summed E-state index contributed by atoms with van der Waals surface area (Å²) in [5.74, 6) is 0.315. The van der Waals surface area contributed by atoms with Crippen molar-refractivity contribution in [2.75, 3.05) is 11.1 Å². The molecule has 2 aromatic carbocycles. The summed E-state index contributed by atoms with van der Waals surface area (Å²) < 4.78 is 21.5. The first-order valence-electron chi connectivity index (χ1n) is 9.09. The Balaban J connectivity index is 1.55. The Bertz CT molecular complexity index is 1210. The highest BCUT2D eigenvalue weighted by Crippen LogP contribution is 2.28. The summed E-state index contributed by atoms with van der Waals surface area (Å²) in [6, 6.07) is 14.7. The topological polar surface area (TPSA) is 73.0 Å². The molecule has 0 saturated heterocycles. The standard InChI is InChI=1S/C21H15Cl2FN4O2S/c22-13-7-8-16(23)18(10-13)25-19(29)12-31-21-27-26-20(15-5-1-2-6-17(15)24)28(21)11-14-4-3-9-30-14/h1-10H,11-12H2,(H,25,29). The summed E-state index contributed by atoms with van der Waals surface area (Å²) >= 11 is 13.2. The lowest BCUT2D eigenvalue weighted by Crippen LogP contribution is -2.15. The zero-order valence-electron chi connectivity index (χ0n) is 15.9. The molecule has 10 heteroatoms. The van der Waals surface area contributed by atoms with E-state index in [1.165, 1.54) is 6.07 Å². The highest BCUT2D eigenvalue weighted by molar-refractivity contribution is 7.99. The van der Waals surface area contributed by atoms with Crippen LogP contribution in [0.3, 0.4) is 0 Å². The van der Waals surface area contributed by atoms with Gasteiger partial charge in [0.05, 0.1) is 34.8 Å². The normalized spacial score (nSPS) is 10.9. The number of aromatic nitrogens is 3. The Morgan fingerprint density at radius 1 is 1.13 bits per heavy atom. The molecular formula is C21H15Cl2FN4O2S. The lowest BCUT2D eigenvalue weighted by molar-refractivity contribution is -0.113. The van der Waals surface area contributed by atoms with Crippen LogP contribution in [0.15, 0.2) is 70.4 Å². The summed E-state index contributed by atoms with van der Waals surface area (Å²) in [7, 11) is 0. The van der Waals surface area contributed by atoms with Gasteiger partial charge in [-0.2, -0.15) is 0 Å². The predicted octanol–water partition coefficient (Wildman–Crippen LogP) is 5.76. The number of furan rings is 1. The molecule has 158 valence electrons. The van der Waals surface area contributed by atoms with Gasteiger partial charge < -0.3 is 9.73 Å². The quantitative estimate of drug-likeness (QED) is 0.343. The summed E-state index contributed by atoms with van der Waals surface area (Å²) in [5, 5.41) is 12.3. The van der Waals surface area contributed by atoms with Gasteiger partial charge in [-0.1, -0.05) is 47.1 Å². The number of hydrogen-bond donors (Lipinski definition) is 1. The van der Waals surface area contributed by atoms with E-state index >= 15 is 0 Å². The zero-order chi connectivity index (χ0) is 21.8. The van der Waals surface area contributed by atoms with Crippen LogP contribution < -0.4 is 5.32 Å². The molecule has 2 heterocycles. The van der Waals surface area contributed by atoms with Crippen molar-refractivity contribution in [3.8, 4) is 11.4 Å². The molecule has 0 spiro atoms. The summed E-state index contributed by atoms with van der Waals surface area (Å²) in [6.07, 6.45) is 1.55. The van der Waals surface area contributed by atoms with Crippen LogP contribution in [0.4, 0.5) is 10.1 Å². The highest BCUT2D eigenvalue weighted by Gasteiger charge is 2.19. The van der Waals surface area contributed by atoms with Crippen molar-refractivity contribution in [2.45, 2.75) is 11.7 Å². The van der Waals surface area contributed by atoms with Gasteiger partial charge in [-0.05, 0) is 42.5 Å². The lowest BCUT2D eigenvalue weighted by Gasteiger charge is -2.10. The minimum atomic E-state index is -0.416. The molecule has 0 aliphatic rings. The maximum Gasteiger partial charge on any atom is 0.234 e. The molecule has 0 atom stereocenters. The molecule has 0 unspecified atom stereocenters. The Morgan fingerprint density at radius 2 is 1.97 bits per heavy atom. The van der Waals surface area contributed by atoms with Crippen LogP contribution in [0.2, 0.25) is 10.0 Å². The largest absolute Gasteiger partial charge is 0.467 e. The molecule has 0 radical (unpaired) electrons. The van der Waals surface area contributed by atoms with Crippen molar-refractivity contribution < 1.29 is 13.6 Å². The second-order valence-corrected chi connectivity index (χ2v) is 8.20. The number of carbonyl (C=O) groups excluding carboxylic acids is 1. The van der Waals surface area contributed by atoms with E-state index in [0.29, 0.717) is 38.0 Å². The third-order valence-corrected chi connectivity index (χ3v) is 5.79. The van der Waals surface area contributed by atoms with Crippen molar-refractivity contribution >= 4 is 46.6 Å². The molecule has 0 aliphatic heterocycles. The number of anilines is 1. The van der Waals surface area contributed by atoms with E-state index in [1.54, 1.807) is 59.4 Å². The SMILES string of the molecule is O=C(CSc1nnc(-c2ccccc2F)n1Cc1ccco1)Nc1cc(Cl)ccc1Cl. The van der Waals surface area contributed by atoms with Crippen molar-refractivity contribution in [2.24, 2.45) is 0 Å². The molecule has 4 rings (SSSR count). The van der Waals surface area contributed by atoms with Gasteiger partial charge in [0, 0.05) is 5.02 Å². The van der Waals surface area contributed by atoms with Crippen LogP contribution in [0.25, 0.3) is 11.4 Å². The van der Waals surface area contributed by atoms with E-state index in [1.807, 2.05) is 0 Å². The molecule has 1 amide bonds. The molecule has 0 aliphatic carbocycles. The van der Waals surface area contributed by atoms with Crippen LogP contribution in [0, 0.1) is 5.82 Å². The Kier molecular flexibility index (Phi) is 6.60. The number of nitrogens with zero attached hydrogens (tertiary/aromatic N) is 3. The average molecular weight is 477 g/mol. The number of rotatable bonds is 7. The van der Waals surface area contributed by atoms with Gasteiger partial charge in [-0.3, -0.25) is 9.36 Å². The molecule has 4 aromatic rings. The van der Waals surface area contributed by atoms with Crippen LogP contribution in [0.5, 0.6) is 0 Å². The van der Waals surface area contributed by atoms with E-state index in [0.717, 1.165) is 11.8 Å². The monoisotopic (exact) mass is 476 g/mol. The maximum atomic E-state index is 14.4. The van der Waals surface area contributed by atoms with Gasteiger partial charge in [0.1, 0.15) is 11.6 Å².